The zero-order chi connectivity index (χ0) is 22.7. The fourth-order valence-electron chi connectivity index (χ4n) is 3.11. The van der Waals surface area contributed by atoms with Gasteiger partial charge in [-0.25, -0.2) is 4.99 Å². The Morgan fingerprint density at radius 1 is 1.19 bits per heavy atom. The molecule has 162 valence electrons. The van der Waals surface area contributed by atoms with Crippen molar-refractivity contribution >= 4 is 40.3 Å². The molecule has 0 unspecified atom stereocenters. The average Bonchev–Trinajstić information content (AvgIpc) is 3.40. The summed E-state index contributed by atoms with van der Waals surface area (Å²) in [5, 5.41) is 14.3. The highest BCUT2D eigenvalue weighted by atomic mass is 32.2. The van der Waals surface area contributed by atoms with Crippen molar-refractivity contribution in [3.05, 3.63) is 80.9 Å². The van der Waals surface area contributed by atoms with Crippen molar-refractivity contribution in [1.82, 2.24) is 5.32 Å². The van der Waals surface area contributed by atoms with E-state index in [1.165, 1.54) is 42.6 Å². The molecule has 0 radical (unpaired) electrons. The molecule has 1 fully saturated rings. The van der Waals surface area contributed by atoms with Crippen LogP contribution in [-0.2, 0) is 11.2 Å². The molecule has 1 amide bonds. The van der Waals surface area contributed by atoms with Crippen LogP contribution < -0.4 is 10.1 Å². The topological polar surface area (TPSA) is 107 Å². The van der Waals surface area contributed by atoms with Gasteiger partial charge >= 0.3 is 0 Å². The lowest BCUT2D eigenvalue weighted by Gasteiger charge is -2.05. The van der Waals surface area contributed by atoms with Crippen LogP contribution in [0.4, 0.5) is 11.4 Å². The zero-order valence-corrected chi connectivity index (χ0v) is 18.1. The number of ether oxygens (including phenoxy) is 1. The molecule has 1 aliphatic heterocycles. The second-order valence-corrected chi connectivity index (χ2v) is 7.88. The van der Waals surface area contributed by atoms with E-state index in [1.54, 1.807) is 18.2 Å². The number of aliphatic imine (C=N–C) groups is 1. The monoisotopic (exact) mass is 449 g/mol. The molecule has 0 spiro atoms. The molecular formula is C23H19N3O5S. The number of amides is 1. The summed E-state index contributed by atoms with van der Waals surface area (Å²) in [6.07, 6.45) is 2.55. The van der Waals surface area contributed by atoms with Crippen LogP contribution in [0.5, 0.6) is 5.75 Å². The summed E-state index contributed by atoms with van der Waals surface area (Å²) in [6.45, 7) is 2.08. The lowest BCUT2D eigenvalue weighted by molar-refractivity contribution is -0.384. The van der Waals surface area contributed by atoms with Gasteiger partial charge in [0, 0.05) is 18.2 Å². The number of non-ortho nitro benzene ring substituents is 1. The Labute approximate surface area is 188 Å². The van der Waals surface area contributed by atoms with Gasteiger partial charge in [0.1, 0.15) is 17.3 Å². The molecule has 32 heavy (non-hydrogen) atoms. The number of rotatable bonds is 6. The van der Waals surface area contributed by atoms with Crippen LogP contribution in [0.1, 0.15) is 18.2 Å². The number of benzene rings is 2. The van der Waals surface area contributed by atoms with Crippen molar-refractivity contribution in [2.24, 2.45) is 4.99 Å². The minimum absolute atomic E-state index is 0.0735. The number of carbonyl (C=O) groups is 1. The highest BCUT2D eigenvalue weighted by Gasteiger charge is 2.24. The van der Waals surface area contributed by atoms with Gasteiger partial charge in [0.2, 0.25) is 0 Å². The smallest absolute Gasteiger partial charge is 0.270 e. The summed E-state index contributed by atoms with van der Waals surface area (Å²) in [5.41, 5.74) is 2.35. The molecule has 1 aliphatic rings. The highest BCUT2D eigenvalue weighted by molar-refractivity contribution is 8.18. The molecule has 0 atom stereocenters. The van der Waals surface area contributed by atoms with Gasteiger partial charge in [-0.05, 0) is 54.1 Å². The highest BCUT2D eigenvalue weighted by Crippen LogP contribution is 2.35. The van der Waals surface area contributed by atoms with Crippen molar-refractivity contribution in [3.63, 3.8) is 0 Å². The van der Waals surface area contributed by atoms with Gasteiger partial charge in [-0.1, -0.05) is 19.1 Å². The molecule has 1 saturated heterocycles. The van der Waals surface area contributed by atoms with Crippen LogP contribution in [-0.4, -0.2) is 23.1 Å². The number of amidine groups is 1. The van der Waals surface area contributed by atoms with Gasteiger partial charge in [-0.2, -0.15) is 0 Å². The van der Waals surface area contributed by atoms with E-state index in [4.69, 9.17) is 9.15 Å². The van der Waals surface area contributed by atoms with Crippen LogP contribution in [0.25, 0.3) is 17.4 Å². The fourth-order valence-corrected chi connectivity index (χ4v) is 3.93. The maximum absolute atomic E-state index is 12.4. The lowest BCUT2D eigenvalue weighted by Crippen LogP contribution is -2.19. The van der Waals surface area contributed by atoms with Gasteiger partial charge in [0.15, 0.2) is 5.17 Å². The van der Waals surface area contributed by atoms with Crippen LogP contribution in [0.15, 0.2) is 68.9 Å². The third-order valence-electron chi connectivity index (χ3n) is 4.79. The van der Waals surface area contributed by atoms with Crippen molar-refractivity contribution in [3.8, 4) is 17.1 Å². The number of hydrogen-bond donors (Lipinski definition) is 1. The summed E-state index contributed by atoms with van der Waals surface area (Å²) in [7, 11) is 1.48. The fraction of sp³-hybridized carbons (Fsp3) is 0.130. The predicted octanol–water partition coefficient (Wildman–Crippen LogP) is 5.32. The van der Waals surface area contributed by atoms with E-state index in [0.29, 0.717) is 32.9 Å². The van der Waals surface area contributed by atoms with Crippen LogP contribution >= 0.6 is 11.8 Å². The van der Waals surface area contributed by atoms with Crippen LogP contribution in [0.3, 0.4) is 0 Å². The molecule has 0 aliphatic carbocycles. The number of nitrogens with zero attached hydrogens (tertiary/aromatic N) is 2. The molecule has 2 heterocycles. The van der Waals surface area contributed by atoms with Gasteiger partial charge in [0.25, 0.3) is 11.6 Å². The summed E-state index contributed by atoms with van der Waals surface area (Å²) in [5.74, 6) is 0.996. The third kappa shape index (κ3) is 4.57. The number of nitrogens with one attached hydrogen (secondary N) is 1. The zero-order valence-electron chi connectivity index (χ0n) is 17.3. The molecular weight excluding hydrogens is 430 g/mol. The maximum Gasteiger partial charge on any atom is 0.270 e. The van der Waals surface area contributed by atoms with Crippen molar-refractivity contribution < 1.29 is 18.9 Å². The van der Waals surface area contributed by atoms with E-state index in [-0.39, 0.29) is 11.6 Å². The predicted molar refractivity (Wildman–Crippen MR) is 124 cm³/mol. The Balaban J connectivity index is 1.57. The number of methoxy groups -OCH3 is 1. The van der Waals surface area contributed by atoms with E-state index in [0.717, 1.165) is 12.1 Å². The lowest BCUT2D eigenvalue weighted by atomic mass is 10.1. The van der Waals surface area contributed by atoms with Gasteiger partial charge in [-0.3, -0.25) is 14.9 Å². The second-order valence-electron chi connectivity index (χ2n) is 6.85. The first-order valence-corrected chi connectivity index (χ1v) is 10.6. The number of aryl methyl sites for hydroxylation is 1. The Bertz CT molecular complexity index is 1240. The third-order valence-corrected chi connectivity index (χ3v) is 5.70. The minimum atomic E-state index is -0.481. The SMILES string of the molecule is CCc1ccc(N=C2NC(=O)/C(=C/c3ccc(-c4cc([N+](=O)[O-])ccc4OC)o3)S2)cc1. The van der Waals surface area contributed by atoms with E-state index in [9.17, 15) is 14.9 Å². The Hall–Kier alpha value is -3.85. The number of hydrogen-bond acceptors (Lipinski definition) is 7. The molecule has 4 rings (SSSR count). The number of thioether (sulfide) groups is 1. The van der Waals surface area contributed by atoms with Gasteiger partial charge in [0.05, 0.1) is 28.2 Å². The normalized spacial score (nSPS) is 15.9. The van der Waals surface area contributed by atoms with Crippen molar-refractivity contribution in [1.29, 1.82) is 0 Å². The first-order chi connectivity index (χ1) is 15.5. The summed E-state index contributed by atoms with van der Waals surface area (Å²) in [6, 6.07) is 15.5. The van der Waals surface area contributed by atoms with E-state index in [1.807, 2.05) is 24.3 Å². The van der Waals surface area contributed by atoms with E-state index in [2.05, 4.69) is 17.2 Å². The summed E-state index contributed by atoms with van der Waals surface area (Å²) in [4.78, 5) is 27.9. The van der Waals surface area contributed by atoms with E-state index < -0.39 is 4.92 Å². The van der Waals surface area contributed by atoms with Crippen molar-refractivity contribution in [2.45, 2.75) is 13.3 Å². The molecule has 0 bridgehead atoms. The molecule has 2 aromatic carbocycles. The van der Waals surface area contributed by atoms with E-state index >= 15 is 0 Å². The van der Waals surface area contributed by atoms with Gasteiger partial charge in [-0.15, -0.1) is 0 Å². The minimum Gasteiger partial charge on any atom is -0.496 e. The Morgan fingerprint density at radius 3 is 2.66 bits per heavy atom. The molecule has 3 aromatic rings. The molecule has 0 saturated carbocycles. The Morgan fingerprint density at radius 2 is 1.97 bits per heavy atom. The average molecular weight is 449 g/mol. The van der Waals surface area contributed by atoms with Gasteiger partial charge < -0.3 is 14.5 Å². The molecule has 8 nitrogen and oxygen atoms in total. The number of nitro benzene ring substituents is 1. The van der Waals surface area contributed by atoms with Crippen LogP contribution in [0, 0.1) is 10.1 Å². The molecule has 1 aromatic heterocycles. The summed E-state index contributed by atoms with van der Waals surface area (Å²) < 4.78 is 11.1. The number of furan rings is 1. The molecule has 1 N–H and O–H groups in total. The second kappa shape index (κ2) is 9.11. The largest absolute Gasteiger partial charge is 0.496 e. The van der Waals surface area contributed by atoms with Crippen molar-refractivity contribution in [2.75, 3.05) is 7.11 Å². The quantitative estimate of drug-likeness (QED) is 0.310. The standard InChI is InChI=1S/C23H19N3O5S/c1-3-14-4-6-15(7-5-14)24-23-25-22(27)21(32-23)13-17-9-11-20(31-17)18-12-16(26(28)29)8-10-19(18)30-2/h4-13H,3H2,1-2H3,(H,24,25,27)/b21-13-. The molecule has 9 heteroatoms. The number of nitro groups is 1. The maximum atomic E-state index is 12.4. The number of carbonyl (C=O) groups excluding carboxylic acids is 1. The first kappa shape index (κ1) is 21.4. The van der Waals surface area contributed by atoms with Crippen LogP contribution in [0.2, 0.25) is 0 Å². The first-order valence-electron chi connectivity index (χ1n) is 9.78. The Kier molecular flexibility index (Phi) is 6.09. The summed E-state index contributed by atoms with van der Waals surface area (Å²) >= 11 is 1.21.